The normalized spacial score (nSPS) is 10.8. The third-order valence-corrected chi connectivity index (χ3v) is 3.70. The Balaban J connectivity index is 2.21. The molecule has 0 aliphatic heterocycles. The molecular weight excluding hydrogens is 365 g/mol. The molecule has 0 saturated heterocycles. The van der Waals surface area contributed by atoms with Crippen LogP contribution in [0, 0.1) is 10.5 Å². The minimum Gasteiger partial charge on any atom is -0.439 e. The van der Waals surface area contributed by atoms with Gasteiger partial charge in [0.15, 0.2) is 0 Å². The van der Waals surface area contributed by atoms with Gasteiger partial charge in [0.05, 0.1) is 11.3 Å². The fourth-order valence-electron chi connectivity index (χ4n) is 2.04. The van der Waals surface area contributed by atoms with Crippen LogP contribution in [0.3, 0.4) is 0 Å². The smallest absolute Gasteiger partial charge is 0.222 e. The van der Waals surface area contributed by atoms with Gasteiger partial charge in [-0.25, -0.2) is 4.68 Å². The maximum Gasteiger partial charge on any atom is 0.222 e. The van der Waals surface area contributed by atoms with Crippen molar-refractivity contribution in [1.82, 2.24) is 15.1 Å². The Morgan fingerprint density at radius 1 is 1.40 bits per heavy atom. The van der Waals surface area contributed by atoms with Crippen molar-refractivity contribution in [2.24, 2.45) is 7.05 Å². The first-order valence-corrected chi connectivity index (χ1v) is 7.86. The second-order valence-corrected chi connectivity index (χ2v) is 5.97. The van der Waals surface area contributed by atoms with Crippen LogP contribution in [0.2, 0.25) is 0 Å². The third kappa shape index (κ3) is 3.73. The zero-order valence-electron chi connectivity index (χ0n) is 12.1. The van der Waals surface area contributed by atoms with Crippen LogP contribution >= 0.6 is 22.6 Å². The van der Waals surface area contributed by atoms with Crippen molar-refractivity contribution in [3.63, 3.8) is 0 Å². The maximum atomic E-state index is 6.03. The van der Waals surface area contributed by atoms with Gasteiger partial charge in [0.1, 0.15) is 5.75 Å². The predicted molar refractivity (Wildman–Crippen MR) is 89.2 cm³/mol. The summed E-state index contributed by atoms with van der Waals surface area (Å²) in [6.07, 6.45) is 1.12. The Hall–Kier alpha value is -1.08. The van der Waals surface area contributed by atoms with E-state index in [0.717, 1.165) is 46.0 Å². The highest BCUT2D eigenvalue weighted by molar-refractivity contribution is 14.1. The summed E-state index contributed by atoms with van der Waals surface area (Å²) >= 11 is 2.28. The number of aromatic nitrogens is 2. The molecule has 1 N–H and O–H groups in total. The molecule has 0 amide bonds. The Bertz CT molecular complexity index is 580. The van der Waals surface area contributed by atoms with Crippen LogP contribution in [-0.2, 0) is 13.6 Å². The lowest BCUT2D eigenvalue weighted by Crippen LogP contribution is -2.14. The molecule has 0 spiro atoms. The zero-order chi connectivity index (χ0) is 14.5. The minimum absolute atomic E-state index is 0.784. The zero-order valence-corrected chi connectivity index (χ0v) is 14.3. The van der Waals surface area contributed by atoms with Crippen molar-refractivity contribution in [3.8, 4) is 11.6 Å². The summed E-state index contributed by atoms with van der Waals surface area (Å²) in [6, 6.07) is 8.03. The first kappa shape index (κ1) is 15.3. The molecule has 0 unspecified atom stereocenters. The van der Waals surface area contributed by atoms with Crippen LogP contribution < -0.4 is 10.1 Å². The van der Waals surface area contributed by atoms with Crippen LogP contribution in [0.15, 0.2) is 24.3 Å². The summed E-state index contributed by atoms with van der Waals surface area (Å²) in [5.74, 6) is 1.66. The molecule has 108 valence electrons. The van der Waals surface area contributed by atoms with Gasteiger partial charge < -0.3 is 10.1 Å². The second-order valence-electron chi connectivity index (χ2n) is 4.73. The predicted octanol–water partition coefficient (Wildman–Crippen LogP) is 3.63. The first-order valence-electron chi connectivity index (χ1n) is 6.78. The Labute approximate surface area is 133 Å². The quantitative estimate of drug-likeness (QED) is 0.610. The number of rotatable bonds is 6. The number of hydrogen-bond acceptors (Lipinski definition) is 3. The SMILES string of the molecule is CCCNCc1c(C)nn(C)c1Oc1cccc(I)c1. The van der Waals surface area contributed by atoms with E-state index in [2.05, 4.69) is 39.9 Å². The fraction of sp³-hybridized carbons (Fsp3) is 0.400. The van der Waals surface area contributed by atoms with E-state index in [1.807, 2.05) is 38.2 Å². The van der Waals surface area contributed by atoms with Gasteiger partial charge in [-0.15, -0.1) is 0 Å². The highest BCUT2D eigenvalue weighted by atomic mass is 127. The largest absolute Gasteiger partial charge is 0.439 e. The molecule has 0 bridgehead atoms. The van der Waals surface area contributed by atoms with E-state index >= 15 is 0 Å². The molecule has 0 saturated carbocycles. The van der Waals surface area contributed by atoms with E-state index in [-0.39, 0.29) is 0 Å². The van der Waals surface area contributed by atoms with E-state index in [1.165, 1.54) is 0 Å². The molecule has 0 atom stereocenters. The molecular formula is C15H20IN3O. The van der Waals surface area contributed by atoms with E-state index in [0.29, 0.717) is 0 Å². The van der Waals surface area contributed by atoms with E-state index in [4.69, 9.17) is 4.74 Å². The lowest BCUT2D eigenvalue weighted by molar-refractivity contribution is 0.423. The average Bonchev–Trinajstić information content (AvgIpc) is 2.66. The van der Waals surface area contributed by atoms with Crippen LogP contribution in [0.5, 0.6) is 11.6 Å². The fourth-order valence-corrected chi connectivity index (χ4v) is 2.56. The number of benzene rings is 1. The molecule has 0 fully saturated rings. The Morgan fingerprint density at radius 3 is 2.90 bits per heavy atom. The number of aryl methyl sites for hydroxylation is 2. The molecule has 1 heterocycles. The lowest BCUT2D eigenvalue weighted by Gasteiger charge is -2.09. The van der Waals surface area contributed by atoms with Crippen molar-refractivity contribution < 1.29 is 4.74 Å². The second kappa shape index (κ2) is 7.08. The van der Waals surface area contributed by atoms with Crippen molar-refractivity contribution in [2.45, 2.75) is 26.8 Å². The Morgan fingerprint density at radius 2 is 2.20 bits per heavy atom. The van der Waals surface area contributed by atoms with Crippen molar-refractivity contribution in [1.29, 1.82) is 0 Å². The first-order chi connectivity index (χ1) is 9.61. The summed E-state index contributed by atoms with van der Waals surface area (Å²) in [5, 5.41) is 7.87. The number of nitrogens with zero attached hydrogens (tertiary/aromatic N) is 2. The van der Waals surface area contributed by atoms with Crippen LogP contribution in [0.4, 0.5) is 0 Å². The standard InChI is InChI=1S/C15H20IN3O/c1-4-8-17-10-14-11(2)18-19(3)15(14)20-13-7-5-6-12(16)9-13/h5-7,9,17H,4,8,10H2,1-3H3. The van der Waals surface area contributed by atoms with E-state index < -0.39 is 0 Å². The number of nitrogens with one attached hydrogen (secondary N) is 1. The van der Waals surface area contributed by atoms with E-state index in [1.54, 1.807) is 4.68 Å². The molecule has 0 aliphatic rings. The third-order valence-electron chi connectivity index (χ3n) is 3.03. The van der Waals surface area contributed by atoms with Crippen molar-refractivity contribution in [3.05, 3.63) is 39.1 Å². The summed E-state index contributed by atoms with van der Waals surface area (Å²) in [5.41, 5.74) is 2.14. The summed E-state index contributed by atoms with van der Waals surface area (Å²) in [7, 11) is 1.92. The van der Waals surface area contributed by atoms with Gasteiger partial charge in [-0.3, -0.25) is 0 Å². The molecule has 2 aromatic rings. The molecule has 0 aliphatic carbocycles. The van der Waals surface area contributed by atoms with Gasteiger partial charge in [-0.1, -0.05) is 13.0 Å². The molecule has 20 heavy (non-hydrogen) atoms. The summed E-state index contributed by atoms with van der Waals surface area (Å²) < 4.78 is 8.99. The Kier molecular flexibility index (Phi) is 5.42. The van der Waals surface area contributed by atoms with Crippen LogP contribution in [-0.4, -0.2) is 16.3 Å². The van der Waals surface area contributed by atoms with Crippen molar-refractivity contribution >= 4 is 22.6 Å². The highest BCUT2D eigenvalue weighted by Crippen LogP contribution is 2.27. The van der Waals surface area contributed by atoms with Gasteiger partial charge in [-0.05, 0) is 60.7 Å². The minimum atomic E-state index is 0.784. The monoisotopic (exact) mass is 385 g/mol. The average molecular weight is 385 g/mol. The van der Waals surface area contributed by atoms with Crippen LogP contribution in [0.1, 0.15) is 24.6 Å². The number of ether oxygens (including phenoxy) is 1. The molecule has 5 heteroatoms. The lowest BCUT2D eigenvalue weighted by atomic mass is 10.2. The van der Waals surface area contributed by atoms with Gasteiger partial charge >= 0.3 is 0 Å². The van der Waals surface area contributed by atoms with Gasteiger partial charge in [0.25, 0.3) is 0 Å². The van der Waals surface area contributed by atoms with Gasteiger partial charge in [-0.2, -0.15) is 5.10 Å². The molecule has 1 aromatic heterocycles. The maximum absolute atomic E-state index is 6.03. The van der Waals surface area contributed by atoms with Crippen molar-refractivity contribution in [2.75, 3.05) is 6.54 Å². The molecule has 1 aromatic carbocycles. The molecule has 0 radical (unpaired) electrons. The van der Waals surface area contributed by atoms with Crippen LogP contribution in [0.25, 0.3) is 0 Å². The highest BCUT2D eigenvalue weighted by Gasteiger charge is 2.15. The van der Waals surface area contributed by atoms with E-state index in [9.17, 15) is 0 Å². The summed E-state index contributed by atoms with van der Waals surface area (Å²) in [6.45, 7) is 5.96. The van der Waals surface area contributed by atoms with Gasteiger partial charge in [0.2, 0.25) is 5.88 Å². The summed E-state index contributed by atoms with van der Waals surface area (Å²) in [4.78, 5) is 0. The molecule has 4 nitrogen and oxygen atoms in total. The topological polar surface area (TPSA) is 39.1 Å². The number of halogens is 1. The number of hydrogen-bond donors (Lipinski definition) is 1. The molecule has 2 rings (SSSR count). The van der Waals surface area contributed by atoms with Gasteiger partial charge in [0, 0.05) is 17.2 Å².